The summed E-state index contributed by atoms with van der Waals surface area (Å²) in [7, 11) is 0. The molecule has 1 aliphatic carbocycles. The lowest BCUT2D eigenvalue weighted by Gasteiger charge is -2.34. The van der Waals surface area contributed by atoms with E-state index in [-0.39, 0.29) is 6.04 Å². The lowest BCUT2D eigenvalue weighted by atomic mass is 9.80. The van der Waals surface area contributed by atoms with Gasteiger partial charge in [-0.15, -0.1) is 0 Å². The van der Waals surface area contributed by atoms with E-state index in [2.05, 4.69) is 29.7 Å². The maximum atomic E-state index is 5.86. The Morgan fingerprint density at radius 1 is 1.26 bits per heavy atom. The fourth-order valence-electron chi connectivity index (χ4n) is 3.34. The Bertz CT molecular complexity index is 470. The fourth-order valence-corrected chi connectivity index (χ4v) is 3.34. The van der Waals surface area contributed by atoms with Gasteiger partial charge >= 0.3 is 0 Å². The van der Waals surface area contributed by atoms with E-state index >= 15 is 0 Å². The first-order valence-corrected chi connectivity index (χ1v) is 7.27. The summed E-state index contributed by atoms with van der Waals surface area (Å²) in [4.78, 5) is 0. The van der Waals surface area contributed by atoms with E-state index < -0.39 is 0 Å². The smallest absolute Gasteiger partial charge is 0.122 e. The highest BCUT2D eigenvalue weighted by atomic mass is 16.5. The highest BCUT2D eigenvalue weighted by Gasteiger charge is 2.30. The molecule has 0 radical (unpaired) electrons. The number of hydrogen-bond donors (Lipinski definition) is 2. The summed E-state index contributed by atoms with van der Waals surface area (Å²) in [6, 6.07) is 8.61. The summed E-state index contributed by atoms with van der Waals surface area (Å²) in [5.41, 5.74) is 5.84. The van der Waals surface area contributed by atoms with Crippen LogP contribution in [0.15, 0.2) is 35.9 Å². The minimum atomic E-state index is 0.255. The zero-order valence-corrected chi connectivity index (χ0v) is 11.3. The molecule has 1 aromatic carbocycles. The molecule has 3 rings (SSSR count). The first kappa shape index (κ1) is 12.7. The maximum absolute atomic E-state index is 5.86. The lowest BCUT2D eigenvalue weighted by molar-refractivity contribution is 0.251. The third kappa shape index (κ3) is 2.53. The van der Waals surface area contributed by atoms with Crippen molar-refractivity contribution in [2.24, 2.45) is 5.84 Å². The van der Waals surface area contributed by atoms with Gasteiger partial charge < -0.3 is 4.74 Å². The Hall–Kier alpha value is -1.32. The van der Waals surface area contributed by atoms with Gasteiger partial charge in [-0.1, -0.05) is 29.8 Å². The molecule has 1 aliphatic heterocycles. The van der Waals surface area contributed by atoms with Crippen LogP contribution in [0.25, 0.3) is 0 Å². The minimum Gasteiger partial charge on any atom is -0.493 e. The Morgan fingerprint density at radius 2 is 2.16 bits per heavy atom. The van der Waals surface area contributed by atoms with Crippen molar-refractivity contribution in [2.75, 3.05) is 6.61 Å². The van der Waals surface area contributed by atoms with E-state index in [4.69, 9.17) is 10.6 Å². The monoisotopic (exact) mass is 258 g/mol. The van der Waals surface area contributed by atoms with Crippen LogP contribution in [0.2, 0.25) is 0 Å². The van der Waals surface area contributed by atoms with E-state index in [0.29, 0.717) is 5.92 Å². The molecule has 0 aromatic heterocycles. The summed E-state index contributed by atoms with van der Waals surface area (Å²) >= 11 is 0. The molecular weight excluding hydrogens is 236 g/mol. The minimum absolute atomic E-state index is 0.255. The Balaban J connectivity index is 1.90. The summed E-state index contributed by atoms with van der Waals surface area (Å²) in [5, 5.41) is 0. The van der Waals surface area contributed by atoms with Crippen LogP contribution in [-0.2, 0) is 0 Å². The van der Waals surface area contributed by atoms with Gasteiger partial charge in [0.05, 0.1) is 6.61 Å². The first-order valence-electron chi connectivity index (χ1n) is 7.27. The molecule has 3 nitrogen and oxygen atoms in total. The number of hydrogen-bond acceptors (Lipinski definition) is 3. The topological polar surface area (TPSA) is 47.3 Å². The predicted octanol–water partition coefficient (Wildman–Crippen LogP) is 2.89. The summed E-state index contributed by atoms with van der Waals surface area (Å²) < 4.78 is 5.75. The van der Waals surface area contributed by atoms with Crippen molar-refractivity contribution >= 4 is 0 Å². The van der Waals surface area contributed by atoms with Crippen LogP contribution in [-0.4, -0.2) is 12.6 Å². The highest BCUT2D eigenvalue weighted by Crippen LogP contribution is 2.38. The summed E-state index contributed by atoms with van der Waals surface area (Å²) in [6.45, 7) is 0.785. The standard InChI is InChI=1S/C16H22N2O/c17-18-16(12-6-2-1-3-7-12)14-10-11-19-15-9-5-4-8-13(14)15/h4-6,8-9,14,16,18H,1-3,7,10-11,17H2. The Kier molecular flexibility index (Phi) is 3.85. The van der Waals surface area contributed by atoms with Crippen LogP contribution >= 0.6 is 0 Å². The first-order chi connectivity index (χ1) is 9.40. The van der Waals surface area contributed by atoms with E-state index in [9.17, 15) is 0 Å². The predicted molar refractivity (Wildman–Crippen MR) is 77.0 cm³/mol. The van der Waals surface area contributed by atoms with Crippen molar-refractivity contribution in [1.29, 1.82) is 0 Å². The van der Waals surface area contributed by atoms with Gasteiger partial charge in [0.25, 0.3) is 0 Å². The molecule has 2 aliphatic rings. The molecule has 0 saturated heterocycles. The number of rotatable bonds is 3. The molecule has 102 valence electrons. The van der Waals surface area contributed by atoms with Crippen LogP contribution in [0.4, 0.5) is 0 Å². The van der Waals surface area contributed by atoms with Crippen LogP contribution in [0, 0.1) is 0 Å². The molecule has 0 fully saturated rings. The number of hydrazine groups is 1. The normalized spacial score (nSPS) is 24.1. The van der Waals surface area contributed by atoms with Gasteiger partial charge in [-0.2, -0.15) is 0 Å². The molecule has 2 atom stereocenters. The van der Waals surface area contributed by atoms with Crippen molar-refractivity contribution in [3.63, 3.8) is 0 Å². The fraction of sp³-hybridized carbons (Fsp3) is 0.500. The number of fused-ring (bicyclic) bond motifs is 1. The van der Waals surface area contributed by atoms with Gasteiger partial charge in [0.1, 0.15) is 5.75 Å². The zero-order chi connectivity index (χ0) is 13.1. The van der Waals surface area contributed by atoms with Gasteiger partial charge in [-0.25, -0.2) is 0 Å². The lowest BCUT2D eigenvalue weighted by Crippen LogP contribution is -2.43. The highest BCUT2D eigenvalue weighted by molar-refractivity contribution is 5.40. The molecule has 2 unspecified atom stereocenters. The molecule has 0 bridgehead atoms. The molecule has 1 heterocycles. The van der Waals surface area contributed by atoms with Crippen LogP contribution in [0.5, 0.6) is 5.75 Å². The molecule has 0 amide bonds. The molecule has 0 spiro atoms. The second-order valence-electron chi connectivity index (χ2n) is 5.45. The van der Waals surface area contributed by atoms with Crippen molar-refractivity contribution < 1.29 is 4.74 Å². The molecule has 3 N–H and O–H groups in total. The van der Waals surface area contributed by atoms with Crippen molar-refractivity contribution in [2.45, 2.75) is 44.1 Å². The molecule has 19 heavy (non-hydrogen) atoms. The summed E-state index contributed by atoms with van der Waals surface area (Å²) in [5.74, 6) is 7.31. The van der Waals surface area contributed by atoms with E-state index in [1.54, 1.807) is 0 Å². The van der Waals surface area contributed by atoms with Gasteiger partial charge in [0.2, 0.25) is 0 Å². The molecule has 3 heteroatoms. The molecule has 1 aromatic rings. The maximum Gasteiger partial charge on any atom is 0.122 e. The zero-order valence-electron chi connectivity index (χ0n) is 11.3. The molecule has 0 saturated carbocycles. The average Bonchev–Trinajstić information content (AvgIpc) is 2.49. The third-order valence-corrected chi connectivity index (χ3v) is 4.31. The van der Waals surface area contributed by atoms with Crippen LogP contribution in [0.1, 0.15) is 43.6 Å². The van der Waals surface area contributed by atoms with Gasteiger partial charge in [-0.05, 0) is 43.7 Å². The van der Waals surface area contributed by atoms with E-state index in [1.165, 1.54) is 36.8 Å². The van der Waals surface area contributed by atoms with Gasteiger partial charge in [-0.3, -0.25) is 11.3 Å². The quantitative estimate of drug-likeness (QED) is 0.498. The number of ether oxygens (including phenoxy) is 1. The van der Waals surface area contributed by atoms with Crippen LogP contribution < -0.4 is 16.0 Å². The van der Waals surface area contributed by atoms with Crippen LogP contribution in [0.3, 0.4) is 0 Å². The third-order valence-electron chi connectivity index (χ3n) is 4.31. The van der Waals surface area contributed by atoms with E-state index in [0.717, 1.165) is 18.8 Å². The number of nitrogens with one attached hydrogen (secondary N) is 1. The second-order valence-corrected chi connectivity index (χ2v) is 5.45. The Morgan fingerprint density at radius 3 is 2.95 bits per heavy atom. The SMILES string of the molecule is NNC(C1=CCCCC1)C1CCOc2ccccc21. The van der Waals surface area contributed by atoms with Crippen molar-refractivity contribution in [3.8, 4) is 5.75 Å². The van der Waals surface area contributed by atoms with Crippen molar-refractivity contribution in [3.05, 3.63) is 41.5 Å². The average molecular weight is 258 g/mol. The van der Waals surface area contributed by atoms with E-state index in [1.807, 2.05) is 6.07 Å². The number of allylic oxidation sites excluding steroid dienone is 1. The van der Waals surface area contributed by atoms with Crippen molar-refractivity contribution in [1.82, 2.24) is 5.43 Å². The van der Waals surface area contributed by atoms with Gasteiger partial charge in [0, 0.05) is 12.0 Å². The van der Waals surface area contributed by atoms with Gasteiger partial charge in [0.15, 0.2) is 0 Å². The number of para-hydroxylation sites is 1. The number of nitrogens with two attached hydrogens (primary N) is 1. The molecular formula is C16H22N2O. The number of benzene rings is 1. The largest absolute Gasteiger partial charge is 0.493 e. The Labute approximate surface area is 114 Å². The second kappa shape index (κ2) is 5.76. The summed E-state index contributed by atoms with van der Waals surface area (Å²) in [6.07, 6.45) is 8.38.